The van der Waals surface area contributed by atoms with Gasteiger partial charge in [-0.25, -0.2) is 0 Å². The molecule has 2 radical (unpaired) electrons. The van der Waals surface area contributed by atoms with E-state index in [1.807, 2.05) is 0 Å². The number of anilines is 6. The van der Waals surface area contributed by atoms with Crippen LogP contribution in [-0.4, -0.2) is 7.85 Å². The Morgan fingerprint density at radius 3 is 1.00 bits per heavy atom. The Balaban J connectivity index is 1.33. The van der Waals surface area contributed by atoms with Gasteiger partial charge in [0.2, 0.25) is 0 Å². The van der Waals surface area contributed by atoms with Crippen molar-refractivity contribution in [2.75, 3.05) is 9.80 Å². The van der Waals surface area contributed by atoms with Crippen molar-refractivity contribution in [2.45, 2.75) is 117 Å². The van der Waals surface area contributed by atoms with Gasteiger partial charge in [0, 0.05) is 34.1 Å². The Kier molecular flexibility index (Phi) is 13.2. The highest BCUT2D eigenvalue weighted by atomic mass is 15.1. The summed E-state index contributed by atoms with van der Waals surface area (Å²) >= 11 is 0. The van der Waals surface area contributed by atoms with Crippen LogP contribution in [0.1, 0.15) is 122 Å². The average molecular weight is 751 g/mol. The molecule has 6 aromatic rings. The van der Waals surface area contributed by atoms with Crippen LogP contribution in [-0.2, 0) is 10.8 Å². The average Bonchev–Trinajstić information content (AvgIpc) is 3.27. The van der Waals surface area contributed by atoms with Crippen LogP contribution in [0.2, 0.25) is 6.32 Å². The van der Waals surface area contributed by atoms with Gasteiger partial charge in [0.05, 0.1) is 7.85 Å². The van der Waals surface area contributed by atoms with Crippen LogP contribution < -0.4 is 9.80 Å². The molecule has 0 saturated heterocycles. The van der Waals surface area contributed by atoms with Gasteiger partial charge in [-0.15, -0.1) is 0 Å². The Bertz CT molecular complexity index is 2140. The van der Waals surface area contributed by atoms with Crippen molar-refractivity contribution in [1.29, 1.82) is 0 Å². The van der Waals surface area contributed by atoms with Crippen molar-refractivity contribution in [3.63, 3.8) is 0 Å². The maximum atomic E-state index is 6.25. The van der Waals surface area contributed by atoms with Crippen molar-refractivity contribution in [3.8, 4) is 11.1 Å². The second-order valence-electron chi connectivity index (χ2n) is 17.0. The Morgan fingerprint density at radius 2 is 0.719 bits per heavy atom. The highest BCUT2D eigenvalue weighted by Gasteiger charge is 2.23. The smallest absolute Gasteiger partial charge is 0.0664 e. The fourth-order valence-corrected chi connectivity index (χ4v) is 7.62. The first-order chi connectivity index (χ1) is 27.4. The van der Waals surface area contributed by atoms with Crippen LogP contribution in [0.15, 0.2) is 146 Å². The Morgan fingerprint density at radius 1 is 0.421 bits per heavy atom. The van der Waals surface area contributed by atoms with Crippen LogP contribution in [0.3, 0.4) is 0 Å². The zero-order valence-electron chi connectivity index (χ0n) is 36.0. The van der Waals surface area contributed by atoms with Crippen molar-refractivity contribution < 1.29 is 0 Å². The molecule has 3 atom stereocenters. The Labute approximate surface area is 346 Å². The van der Waals surface area contributed by atoms with Crippen LogP contribution in [0.5, 0.6) is 0 Å². The molecule has 0 amide bonds. The van der Waals surface area contributed by atoms with Gasteiger partial charge in [-0.05, 0) is 155 Å². The minimum Gasteiger partial charge on any atom is -0.311 e. The monoisotopic (exact) mass is 751 g/mol. The van der Waals surface area contributed by atoms with Gasteiger partial charge in [0.25, 0.3) is 0 Å². The van der Waals surface area contributed by atoms with E-state index in [9.17, 15) is 0 Å². The van der Waals surface area contributed by atoms with Crippen molar-refractivity contribution in [3.05, 3.63) is 168 Å². The minimum atomic E-state index is -0.0377. The molecule has 0 aliphatic heterocycles. The van der Waals surface area contributed by atoms with Gasteiger partial charge in [0.1, 0.15) is 0 Å². The lowest BCUT2D eigenvalue weighted by molar-refractivity contribution is 0.506. The first-order valence-corrected chi connectivity index (χ1v) is 21.4. The SMILES string of the molecule is [B]CC(C)(CC)c1ccc(N(c2ccc(-c3ccc(N(c4ccc(C(C)CC)cc4)c4ccc(C(C)(C)CC)cc4)cc3)cc2)c2ccc(C(C)CC)cc2)cc1. The lowest BCUT2D eigenvalue weighted by Gasteiger charge is -2.30. The van der Waals surface area contributed by atoms with E-state index in [2.05, 4.69) is 218 Å². The molecular formula is C54H63BN2. The van der Waals surface area contributed by atoms with E-state index in [1.54, 1.807) is 0 Å². The molecule has 0 spiro atoms. The van der Waals surface area contributed by atoms with Gasteiger partial charge < -0.3 is 9.80 Å². The van der Waals surface area contributed by atoms with E-state index in [-0.39, 0.29) is 10.8 Å². The molecule has 0 aromatic heterocycles. The van der Waals surface area contributed by atoms with Gasteiger partial charge in [-0.2, -0.15) is 0 Å². The predicted octanol–water partition coefficient (Wildman–Crippen LogP) is 16.3. The zero-order valence-corrected chi connectivity index (χ0v) is 36.0. The number of hydrogen-bond donors (Lipinski definition) is 0. The van der Waals surface area contributed by atoms with Crippen LogP contribution in [0, 0.1) is 0 Å². The summed E-state index contributed by atoms with van der Waals surface area (Å²) in [6.07, 6.45) is 4.98. The molecule has 0 N–H and O–H groups in total. The molecule has 0 saturated carbocycles. The quantitative estimate of drug-likeness (QED) is 0.0909. The van der Waals surface area contributed by atoms with Crippen molar-refractivity contribution >= 4 is 42.0 Å². The molecule has 0 fully saturated rings. The maximum absolute atomic E-state index is 6.25. The van der Waals surface area contributed by atoms with Gasteiger partial charge >= 0.3 is 0 Å². The number of hydrogen-bond acceptors (Lipinski definition) is 2. The third kappa shape index (κ3) is 9.09. The largest absolute Gasteiger partial charge is 0.311 e. The molecule has 6 aromatic carbocycles. The first kappa shape index (κ1) is 41.6. The number of rotatable bonds is 16. The molecule has 292 valence electrons. The summed E-state index contributed by atoms with van der Waals surface area (Å²) in [7, 11) is 6.25. The zero-order chi connectivity index (χ0) is 40.7. The summed E-state index contributed by atoms with van der Waals surface area (Å²) in [5, 5.41) is 0. The number of benzene rings is 6. The predicted molar refractivity (Wildman–Crippen MR) is 250 cm³/mol. The summed E-state index contributed by atoms with van der Waals surface area (Å²) in [6.45, 7) is 20.5. The fraction of sp³-hybridized carbons (Fsp3) is 0.333. The molecule has 2 nitrogen and oxygen atoms in total. The van der Waals surface area contributed by atoms with E-state index >= 15 is 0 Å². The van der Waals surface area contributed by atoms with Crippen molar-refractivity contribution in [1.82, 2.24) is 0 Å². The van der Waals surface area contributed by atoms with E-state index in [4.69, 9.17) is 7.85 Å². The molecule has 6 rings (SSSR count). The summed E-state index contributed by atoms with van der Waals surface area (Å²) in [4.78, 5) is 4.74. The third-order valence-electron chi connectivity index (χ3n) is 13.1. The fourth-order valence-electron chi connectivity index (χ4n) is 7.62. The normalized spacial score (nSPS) is 13.8. The van der Waals surface area contributed by atoms with Gasteiger partial charge in [-0.3, -0.25) is 0 Å². The second-order valence-corrected chi connectivity index (χ2v) is 17.0. The summed E-state index contributed by atoms with van der Waals surface area (Å²) in [6, 6.07) is 54.4. The van der Waals surface area contributed by atoms with Gasteiger partial charge in [0.15, 0.2) is 0 Å². The molecule has 0 heterocycles. The molecule has 0 aliphatic carbocycles. The van der Waals surface area contributed by atoms with Gasteiger partial charge in [-0.1, -0.05) is 141 Å². The van der Waals surface area contributed by atoms with E-state index in [0.717, 1.165) is 59.8 Å². The topological polar surface area (TPSA) is 6.48 Å². The molecule has 3 heteroatoms. The van der Waals surface area contributed by atoms with E-state index < -0.39 is 0 Å². The first-order valence-electron chi connectivity index (χ1n) is 21.4. The minimum absolute atomic E-state index is 0.0377. The summed E-state index contributed by atoms with van der Waals surface area (Å²) in [5.74, 6) is 1.07. The second kappa shape index (κ2) is 18.1. The highest BCUT2D eigenvalue weighted by molar-refractivity contribution is 6.09. The third-order valence-corrected chi connectivity index (χ3v) is 13.1. The van der Waals surface area contributed by atoms with E-state index in [1.165, 1.54) is 33.4 Å². The molecule has 3 unspecified atom stereocenters. The molecular weight excluding hydrogens is 687 g/mol. The summed E-state index contributed by atoms with van der Waals surface area (Å²) < 4.78 is 0. The highest BCUT2D eigenvalue weighted by Crippen LogP contribution is 2.41. The van der Waals surface area contributed by atoms with Crippen molar-refractivity contribution in [2.24, 2.45) is 0 Å². The van der Waals surface area contributed by atoms with Crippen LogP contribution in [0.25, 0.3) is 11.1 Å². The van der Waals surface area contributed by atoms with Crippen LogP contribution in [0.4, 0.5) is 34.1 Å². The molecule has 0 bridgehead atoms. The van der Waals surface area contributed by atoms with Crippen LogP contribution >= 0.6 is 0 Å². The number of nitrogens with zero attached hydrogens (tertiary/aromatic N) is 2. The molecule has 0 aliphatic rings. The summed E-state index contributed by atoms with van der Waals surface area (Å²) in [5.41, 5.74) is 14.7. The maximum Gasteiger partial charge on any atom is 0.0664 e. The Hall–Kier alpha value is -5.02. The lowest BCUT2D eigenvalue weighted by atomic mass is 9.71. The van der Waals surface area contributed by atoms with E-state index in [0.29, 0.717) is 18.2 Å². The lowest BCUT2D eigenvalue weighted by Crippen LogP contribution is -2.20. The molecule has 57 heavy (non-hydrogen) atoms. The standard InChI is InChI=1S/C54H63BN2/c1-10-39(5)41-14-26-47(27-15-41)56(51-34-22-45(23-35-51)53(7,8)12-3)49-30-18-43(19-31-49)44-20-32-50(33-21-44)57(48-28-16-42(17-29-48)40(6)11-2)52-36-24-46(25-37-52)54(9,13-4)38-55/h14-37,39-40H,10-13,38H2,1-9H3.